The first-order valence-corrected chi connectivity index (χ1v) is 3.18. The molecule has 0 saturated carbocycles. The molecule has 0 fully saturated rings. The van der Waals surface area contributed by atoms with Crippen LogP contribution in [0.25, 0.3) is 0 Å². The molecule has 55 valence electrons. The Labute approximate surface area is 63.9 Å². The molecule has 1 aliphatic heterocycles. The summed E-state index contributed by atoms with van der Waals surface area (Å²) >= 11 is 0. The molecule has 0 bridgehead atoms. The van der Waals surface area contributed by atoms with Crippen molar-refractivity contribution in [3.8, 4) is 5.88 Å². The average Bonchev–Trinajstić information content (AvgIpc) is 2.50. The van der Waals surface area contributed by atoms with E-state index >= 15 is 0 Å². The van der Waals surface area contributed by atoms with Gasteiger partial charge in [-0.1, -0.05) is 0 Å². The summed E-state index contributed by atoms with van der Waals surface area (Å²) in [6.45, 7) is 0. The average molecular weight is 148 g/mol. The Morgan fingerprint density at radius 2 is 2.27 bits per heavy atom. The molecule has 2 heterocycles. The van der Waals surface area contributed by atoms with Gasteiger partial charge in [0.25, 0.3) is 0 Å². The van der Waals surface area contributed by atoms with Crippen molar-refractivity contribution in [2.24, 2.45) is 4.99 Å². The van der Waals surface area contributed by atoms with Crippen molar-refractivity contribution in [2.45, 2.75) is 0 Å². The number of aliphatic imine (C=N–C) groups is 1. The SMILES string of the molecule is COc1ccc2c(n1)N=C[N]2. The van der Waals surface area contributed by atoms with Crippen molar-refractivity contribution in [1.29, 1.82) is 0 Å². The minimum atomic E-state index is 0.568. The third kappa shape index (κ3) is 0.920. The highest BCUT2D eigenvalue weighted by molar-refractivity contribution is 5.79. The molecule has 1 radical (unpaired) electrons. The molecule has 0 unspecified atom stereocenters. The molecule has 0 N–H and O–H groups in total. The van der Waals surface area contributed by atoms with Crippen LogP contribution in [0.15, 0.2) is 17.1 Å². The Hall–Kier alpha value is -1.58. The standard InChI is InChI=1S/C7H6N3O/c1-11-6-3-2-5-7(10-6)9-4-8-5/h2-4H,1H3. The van der Waals surface area contributed by atoms with Gasteiger partial charge in [-0.25, -0.2) is 10.3 Å². The van der Waals surface area contributed by atoms with Crippen molar-refractivity contribution in [3.05, 3.63) is 12.1 Å². The van der Waals surface area contributed by atoms with E-state index in [1.165, 1.54) is 6.34 Å². The molecule has 0 spiro atoms. The normalized spacial score (nSPS) is 12.5. The Kier molecular flexibility index (Phi) is 1.25. The van der Waals surface area contributed by atoms with Crippen LogP contribution in [0.2, 0.25) is 0 Å². The topological polar surface area (TPSA) is 48.6 Å². The van der Waals surface area contributed by atoms with Gasteiger partial charge < -0.3 is 4.74 Å². The van der Waals surface area contributed by atoms with Crippen LogP contribution in [0.1, 0.15) is 0 Å². The summed E-state index contributed by atoms with van der Waals surface area (Å²) in [6, 6.07) is 3.59. The van der Waals surface area contributed by atoms with Crippen LogP contribution < -0.4 is 10.1 Å². The number of aromatic nitrogens is 1. The Morgan fingerprint density at radius 3 is 3.09 bits per heavy atom. The fourth-order valence-corrected chi connectivity index (χ4v) is 0.879. The molecule has 1 aliphatic rings. The number of hydrogen-bond acceptors (Lipinski definition) is 3. The fraction of sp³-hybridized carbons (Fsp3) is 0.143. The Bertz CT molecular complexity index is 309. The van der Waals surface area contributed by atoms with E-state index < -0.39 is 0 Å². The molecule has 0 saturated heterocycles. The highest BCUT2D eigenvalue weighted by Crippen LogP contribution is 2.27. The zero-order chi connectivity index (χ0) is 7.68. The van der Waals surface area contributed by atoms with Crippen LogP contribution in [0, 0.1) is 0 Å². The van der Waals surface area contributed by atoms with E-state index in [0.29, 0.717) is 11.7 Å². The van der Waals surface area contributed by atoms with Crippen molar-refractivity contribution >= 4 is 17.8 Å². The number of methoxy groups -OCH3 is 1. The third-order valence-corrected chi connectivity index (χ3v) is 1.41. The van der Waals surface area contributed by atoms with Crippen molar-refractivity contribution in [3.63, 3.8) is 0 Å². The fourth-order valence-electron chi connectivity index (χ4n) is 0.879. The van der Waals surface area contributed by atoms with Crippen molar-refractivity contribution < 1.29 is 4.74 Å². The van der Waals surface area contributed by atoms with E-state index in [1.54, 1.807) is 13.2 Å². The number of ether oxygens (including phenoxy) is 1. The predicted octanol–water partition coefficient (Wildman–Crippen LogP) is 0.999. The highest BCUT2D eigenvalue weighted by Gasteiger charge is 2.08. The lowest BCUT2D eigenvalue weighted by Crippen LogP contribution is -1.88. The lowest BCUT2D eigenvalue weighted by atomic mass is 10.4. The maximum Gasteiger partial charge on any atom is 0.215 e. The zero-order valence-electron chi connectivity index (χ0n) is 5.98. The van der Waals surface area contributed by atoms with E-state index in [4.69, 9.17) is 4.74 Å². The quantitative estimate of drug-likeness (QED) is 0.596. The molecule has 0 atom stereocenters. The second-order valence-corrected chi connectivity index (χ2v) is 2.07. The summed E-state index contributed by atoms with van der Waals surface area (Å²) in [5.74, 6) is 1.20. The molecule has 2 rings (SSSR count). The summed E-state index contributed by atoms with van der Waals surface area (Å²) in [4.78, 5) is 7.98. The first-order chi connectivity index (χ1) is 5.40. The van der Waals surface area contributed by atoms with Gasteiger partial charge in [-0.15, -0.1) is 0 Å². The van der Waals surface area contributed by atoms with Gasteiger partial charge in [0.2, 0.25) is 5.88 Å². The molecule has 11 heavy (non-hydrogen) atoms. The molecule has 1 aromatic rings. The van der Waals surface area contributed by atoms with Crippen LogP contribution in [0.4, 0.5) is 11.5 Å². The van der Waals surface area contributed by atoms with Crippen LogP contribution in [0.5, 0.6) is 5.88 Å². The smallest absolute Gasteiger partial charge is 0.215 e. The molecule has 0 aliphatic carbocycles. The summed E-state index contributed by atoms with van der Waals surface area (Å²) in [5, 5.41) is 3.96. The van der Waals surface area contributed by atoms with E-state index in [1.807, 2.05) is 6.07 Å². The Balaban J connectivity index is 2.47. The van der Waals surface area contributed by atoms with Gasteiger partial charge in [0.1, 0.15) is 12.0 Å². The summed E-state index contributed by atoms with van der Waals surface area (Å²) in [5.41, 5.74) is 0.797. The maximum atomic E-state index is 4.91. The van der Waals surface area contributed by atoms with E-state index in [-0.39, 0.29) is 0 Å². The number of rotatable bonds is 1. The van der Waals surface area contributed by atoms with Gasteiger partial charge >= 0.3 is 0 Å². The van der Waals surface area contributed by atoms with Crippen LogP contribution in [0.3, 0.4) is 0 Å². The van der Waals surface area contributed by atoms with Gasteiger partial charge in [-0.05, 0) is 6.07 Å². The molecule has 4 heteroatoms. The van der Waals surface area contributed by atoms with E-state index in [2.05, 4.69) is 15.3 Å². The maximum absolute atomic E-state index is 4.91. The molecule has 0 aromatic carbocycles. The van der Waals surface area contributed by atoms with Gasteiger partial charge in [-0.2, -0.15) is 4.98 Å². The molecule has 0 amide bonds. The van der Waals surface area contributed by atoms with E-state index in [9.17, 15) is 0 Å². The predicted molar refractivity (Wildman–Crippen MR) is 40.7 cm³/mol. The molecular weight excluding hydrogens is 142 g/mol. The molecular formula is C7H6N3O. The van der Waals surface area contributed by atoms with E-state index in [0.717, 1.165) is 5.69 Å². The van der Waals surface area contributed by atoms with Crippen LogP contribution in [-0.4, -0.2) is 18.4 Å². The van der Waals surface area contributed by atoms with Crippen LogP contribution in [-0.2, 0) is 0 Å². The third-order valence-electron chi connectivity index (χ3n) is 1.41. The number of hydrogen-bond donors (Lipinski definition) is 0. The van der Waals surface area contributed by atoms with Crippen LogP contribution >= 0.6 is 0 Å². The number of fused-ring (bicyclic) bond motifs is 1. The largest absolute Gasteiger partial charge is 0.481 e. The number of nitrogens with zero attached hydrogens (tertiary/aromatic N) is 3. The van der Waals surface area contributed by atoms with Gasteiger partial charge in [0.15, 0.2) is 5.82 Å². The number of pyridine rings is 1. The molecule has 1 aromatic heterocycles. The van der Waals surface area contributed by atoms with Gasteiger partial charge in [-0.3, -0.25) is 0 Å². The lowest BCUT2D eigenvalue weighted by Gasteiger charge is -1.98. The van der Waals surface area contributed by atoms with Gasteiger partial charge in [0.05, 0.1) is 7.11 Å². The minimum Gasteiger partial charge on any atom is -0.481 e. The second-order valence-electron chi connectivity index (χ2n) is 2.07. The van der Waals surface area contributed by atoms with Gasteiger partial charge in [0, 0.05) is 6.07 Å². The second kappa shape index (κ2) is 2.23. The van der Waals surface area contributed by atoms with Crippen molar-refractivity contribution in [1.82, 2.24) is 10.3 Å². The zero-order valence-corrected chi connectivity index (χ0v) is 5.98. The minimum absolute atomic E-state index is 0.568. The lowest BCUT2D eigenvalue weighted by molar-refractivity contribution is 0.398. The summed E-state index contributed by atoms with van der Waals surface area (Å²) < 4.78 is 4.91. The highest BCUT2D eigenvalue weighted by atomic mass is 16.5. The molecule has 4 nitrogen and oxygen atoms in total. The Morgan fingerprint density at radius 1 is 1.36 bits per heavy atom. The summed E-state index contributed by atoms with van der Waals surface area (Å²) in [7, 11) is 1.57. The monoisotopic (exact) mass is 148 g/mol. The first kappa shape index (κ1) is 6.15. The van der Waals surface area contributed by atoms with Crippen molar-refractivity contribution in [2.75, 3.05) is 7.11 Å². The summed E-state index contributed by atoms with van der Waals surface area (Å²) in [6.07, 6.45) is 1.48. The first-order valence-electron chi connectivity index (χ1n) is 3.18.